The maximum atomic E-state index is 12.3. The van der Waals surface area contributed by atoms with Crippen molar-refractivity contribution in [1.29, 1.82) is 0 Å². The fourth-order valence-corrected chi connectivity index (χ4v) is 4.11. The van der Waals surface area contributed by atoms with Gasteiger partial charge in [-0.25, -0.2) is 8.42 Å². The Balaban J connectivity index is 1.90. The molecular weight excluding hydrogens is 372 g/mol. The quantitative estimate of drug-likeness (QED) is 0.694. The third-order valence-electron chi connectivity index (χ3n) is 4.77. The lowest BCUT2D eigenvalue weighted by atomic mass is 10.0. The van der Waals surface area contributed by atoms with Gasteiger partial charge >= 0.3 is 0 Å². The van der Waals surface area contributed by atoms with Gasteiger partial charge in [0.05, 0.1) is 11.9 Å². The van der Waals surface area contributed by atoms with Gasteiger partial charge in [-0.1, -0.05) is 49.4 Å². The van der Waals surface area contributed by atoms with Crippen LogP contribution in [0.4, 0.5) is 5.69 Å². The fraction of sp³-hybridized carbons (Fsp3) is 0.409. The lowest BCUT2D eigenvalue weighted by Crippen LogP contribution is -2.33. The summed E-state index contributed by atoms with van der Waals surface area (Å²) in [5.41, 5.74) is 3.76. The number of hydrogen-bond donors (Lipinski definition) is 1. The second-order valence-corrected chi connectivity index (χ2v) is 9.25. The van der Waals surface area contributed by atoms with E-state index in [1.807, 2.05) is 62.4 Å². The molecule has 2 rings (SSSR count). The van der Waals surface area contributed by atoms with E-state index in [4.69, 9.17) is 0 Å². The highest BCUT2D eigenvalue weighted by Gasteiger charge is 2.19. The molecule has 0 aliphatic carbocycles. The van der Waals surface area contributed by atoms with E-state index >= 15 is 0 Å². The lowest BCUT2D eigenvalue weighted by molar-refractivity contribution is -0.121. The average molecular weight is 403 g/mol. The van der Waals surface area contributed by atoms with Gasteiger partial charge < -0.3 is 5.32 Å². The predicted octanol–water partition coefficient (Wildman–Crippen LogP) is 3.77. The molecule has 0 saturated heterocycles. The highest BCUT2D eigenvalue weighted by molar-refractivity contribution is 7.92. The maximum absolute atomic E-state index is 12.3. The normalized spacial score (nSPS) is 12.4. The van der Waals surface area contributed by atoms with Crippen molar-refractivity contribution < 1.29 is 13.2 Å². The van der Waals surface area contributed by atoms with Crippen LogP contribution in [0, 0.1) is 13.8 Å². The number of aryl methyl sites for hydroxylation is 2. The number of carbonyl (C=O) groups is 1. The van der Waals surface area contributed by atoms with Gasteiger partial charge in [0.1, 0.15) is 0 Å². The van der Waals surface area contributed by atoms with Crippen LogP contribution >= 0.6 is 0 Å². The first-order valence-electron chi connectivity index (χ1n) is 9.55. The molecule has 0 unspecified atom stereocenters. The first-order chi connectivity index (χ1) is 13.2. The van der Waals surface area contributed by atoms with Gasteiger partial charge in [-0.05, 0) is 48.9 Å². The summed E-state index contributed by atoms with van der Waals surface area (Å²) in [6, 6.07) is 15.8. The Morgan fingerprint density at radius 2 is 1.79 bits per heavy atom. The van der Waals surface area contributed by atoms with Crippen LogP contribution < -0.4 is 9.62 Å². The molecule has 0 heterocycles. The Kier molecular flexibility index (Phi) is 7.63. The molecule has 0 aromatic heterocycles. The van der Waals surface area contributed by atoms with Crippen molar-refractivity contribution in [2.24, 2.45) is 0 Å². The number of hydrogen-bond acceptors (Lipinski definition) is 3. The minimum Gasteiger partial charge on any atom is -0.356 e. The van der Waals surface area contributed by atoms with Crippen LogP contribution in [0.25, 0.3) is 0 Å². The van der Waals surface area contributed by atoms with Gasteiger partial charge in [-0.2, -0.15) is 0 Å². The third-order valence-corrected chi connectivity index (χ3v) is 5.95. The fourth-order valence-electron chi connectivity index (χ4n) is 3.09. The van der Waals surface area contributed by atoms with Crippen molar-refractivity contribution in [3.8, 4) is 0 Å². The molecule has 152 valence electrons. The predicted molar refractivity (Wildman–Crippen MR) is 115 cm³/mol. The molecule has 1 N–H and O–H groups in total. The Bertz CT molecular complexity index is 895. The highest BCUT2D eigenvalue weighted by Crippen LogP contribution is 2.24. The van der Waals surface area contributed by atoms with Crippen LogP contribution in [0.3, 0.4) is 0 Å². The zero-order chi connectivity index (χ0) is 20.7. The molecule has 1 amide bonds. The van der Waals surface area contributed by atoms with Crippen molar-refractivity contribution in [2.75, 3.05) is 23.7 Å². The second-order valence-electron chi connectivity index (χ2n) is 7.34. The number of rotatable bonds is 9. The van der Waals surface area contributed by atoms with Crippen LogP contribution in [-0.2, 0) is 14.8 Å². The van der Waals surface area contributed by atoms with E-state index in [0.717, 1.165) is 11.1 Å². The SMILES string of the molecule is Cc1ccc(C)c(N(CCCC(=O)NC[C@@H](C)c2ccccc2)S(C)(=O)=O)c1. The molecule has 5 nitrogen and oxygen atoms in total. The number of amides is 1. The zero-order valence-electron chi connectivity index (χ0n) is 17.1. The van der Waals surface area contributed by atoms with Gasteiger partial charge in [-0.3, -0.25) is 9.10 Å². The molecule has 28 heavy (non-hydrogen) atoms. The van der Waals surface area contributed by atoms with Gasteiger partial charge in [0, 0.05) is 19.5 Å². The topological polar surface area (TPSA) is 66.5 Å². The molecule has 0 aliphatic rings. The van der Waals surface area contributed by atoms with E-state index in [1.54, 1.807) is 0 Å². The summed E-state index contributed by atoms with van der Waals surface area (Å²) in [4.78, 5) is 12.2. The summed E-state index contributed by atoms with van der Waals surface area (Å²) in [5, 5.41) is 2.95. The molecule has 0 fully saturated rings. The van der Waals surface area contributed by atoms with Gasteiger partial charge in [-0.15, -0.1) is 0 Å². The number of carbonyl (C=O) groups excluding carboxylic acids is 1. The number of nitrogens with one attached hydrogen (secondary N) is 1. The molecule has 0 radical (unpaired) electrons. The summed E-state index contributed by atoms with van der Waals surface area (Å²) in [6.07, 6.45) is 1.96. The number of anilines is 1. The minimum atomic E-state index is -3.42. The van der Waals surface area contributed by atoms with Crippen molar-refractivity contribution in [3.63, 3.8) is 0 Å². The number of sulfonamides is 1. The van der Waals surface area contributed by atoms with Crippen molar-refractivity contribution in [2.45, 2.75) is 39.5 Å². The molecule has 0 aliphatic heterocycles. The van der Waals surface area contributed by atoms with E-state index < -0.39 is 10.0 Å². The Morgan fingerprint density at radius 3 is 2.43 bits per heavy atom. The largest absolute Gasteiger partial charge is 0.356 e. The van der Waals surface area contributed by atoms with Crippen LogP contribution in [-0.4, -0.2) is 33.7 Å². The van der Waals surface area contributed by atoms with Gasteiger partial charge in [0.25, 0.3) is 0 Å². The maximum Gasteiger partial charge on any atom is 0.232 e. The van der Waals surface area contributed by atoms with Crippen molar-refractivity contribution in [1.82, 2.24) is 5.32 Å². The molecule has 0 bridgehead atoms. The highest BCUT2D eigenvalue weighted by atomic mass is 32.2. The molecular formula is C22H30N2O3S. The minimum absolute atomic E-state index is 0.0582. The molecule has 1 atom stereocenters. The molecule has 6 heteroatoms. The monoisotopic (exact) mass is 402 g/mol. The molecule has 2 aromatic carbocycles. The smallest absolute Gasteiger partial charge is 0.232 e. The van der Waals surface area contributed by atoms with Crippen LogP contribution in [0.2, 0.25) is 0 Å². The Hall–Kier alpha value is -2.34. The average Bonchev–Trinajstić information content (AvgIpc) is 2.65. The Morgan fingerprint density at radius 1 is 1.11 bits per heavy atom. The van der Waals surface area contributed by atoms with E-state index in [-0.39, 0.29) is 18.4 Å². The number of nitrogens with zero attached hydrogens (tertiary/aromatic N) is 1. The molecule has 0 spiro atoms. The summed E-state index contributed by atoms with van der Waals surface area (Å²) >= 11 is 0. The van der Waals surface area contributed by atoms with E-state index in [0.29, 0.717) is 25.1 Å². The lowest BCUT2D eigenvalue weighted by Gasteiger charge is -2.24. The first kappa shape index (κ1) is 22.0. The standard InChI is InChI=1S/C22H30N2O3S/c1-17-12-13-18(2)21(15-17)24(28(4,26)27)14-8-11-22(25)23-16-19(3)20-9-6-5-7-10-20/h5-7,9-10,12-13,15,19H,8,11,14,16H2,1-4H3,(H,23,25)/t19-/m1/s1. The first-order valence-corrected chi connectivity index (χ1v) is 11.4. The van der Waals surface area contributed by atoms with Crippen LogP contribution in [0.1, 0.15) is 42.4 Å². The van der Waals surface area contributed by atoms with Gasteiger partial charge in [0.15, 0.2) is 0 Å². The summed E-state index contributed by atoms with van der Waals surface area (Å²) in [7, 11) is -3.42. The van der Waals surface area contributed by atoms with Crippen LogP contribution in [0.5, 0.6) is 0 Å². The van der Waals surface area contributed by atoms with Crippen molar-refractivity contribution >= 4 is 21.6 Å². The third kappa shape index (κ3) is 6.37. The van der Waals surface area contributed by atoms with Gasteiger partial charge in [0.2, 0.25) is 15.9 Å². The summed E-state index contributed by atoms with van der Waals surface area (Å²) in [5.74, 6) is 0.171. The van der Waals surface area contributed by atoms with E-state index in [1.165, 1.54) is 16.1 Å². The zero-order valence-corrected chi connectivity index (χ0v) is 17.9. The van der Waals surface area contributed by atoms with E-state index in [2.05, 4.69) is 12.2 Å². The molecule has 2 aromatic rings. The van der Waals surface area contributed by atoms with Crippen LogP contribution in [0.15, 0.2) is 48.5 Å². The van der Waals surface area contributed by atoms with E-state index in [9.17, 15) is 13.2 Å². The number of benzene rings is 2. The summed E-state index contributed by atoms with van der Waals surface area (Å²) in [6.45, 7) is 6.75. The molecule has 0 saturated carbocycles. The Labute approximate surface area is 168 Å². The van der Waals surface area contributed by atoms with Crippen molar-refractivity contribution in [3.05, 3.63) is 65.2 Å². The second kappa shape index (κ2) is 9.73. The summed E-state index contributed by atoms with van der Waals surface area (Å²) < 4.78 is 25.9.